The van der Waals surface area contributed by atoms with E-state index in [-0.39, 0.29) is 0 Å². The smallest absolute Gasteiger partial charge is 0.136 e. The van der Waals surface area contributed by atoms with Crippen molar-refractivity contribution in [3.05, 3.63) is 243 Å². The fourth-order valence-corrected chi connectivity index (χ4v) is 10.2. The summed E-state index contributed by atoms with van der Waals surface area (Å²) >= 11 is 0. The Morgan fingerprint density at radius 2 is 0.831 bits per heavy atom. The van der Waals surface area contributed by atoms with E-state index in [1.54, 1.807) is 0 Å². The van der Waals surface area contributed by atoms with Crippen molar-refractivity contribution in [2.75, 3.05) is 4.90 Å². The monoisotopic (exact) mass is 828 g/mol. The summed E-state index contributed by atoms with van der Waals surface area (Å²) in [6.45, 7) is 0. The molecular weight excluding hydrogens is 789 g/mol. The Hall–Kier alpha value is -8.66. The molecule has 3 heteroatoms. The number of hydrogen-bond acceptors (Lipinski definition) is 2. The second kappa shape index (κ2) is 15.0. The Labute approximate surface area is 376 Å². The van der Waals surface area contributed by atoms with Gasteiger partial charge in [-0.15, -0.1) is 0 Å². The van der Waals surface area contributed by atoms with Crippen molar-refractivity contribution in [2.45, 2.75) is 0 Å². The Kier molecular flexibility index (Phi) is 8.53. The molecular formula is C62H40N2O. The predicted molar refractivity (Wildman–Crippen MR) is 274 cm³/mol. The average molecular weight is 829 g/mol. The first-order valence-corrected chi connectivity index (χ1v) is 22.2. The van der Waals surface area contributed by atoms with Crippen molar-refractivity contribution in [1.82, 2.24) is 4.57 Å². The van der Waals surface area contributed by atoms with Crippen molar-refractivity contribution in [3.8, 4) is 39.1 Å². The molecule has 0 aliphatic carbocycles. The van der Waals surface area contributed by atoms with Crippen LogP contribution in [0.15, 0.2) is 247 Å². The van der Waals surface area contributed by atoms with Gasteiger partial charge in [0.15, 0.2) is 0 Å². The number of anilines is 3. The molecule has 13 aromatic rings. The van der Waals surface area contributed by atoms with E-state index in [0.717, 1.165) is 61.4 Å². The van der Waals surface area contributed by atoms with Crippen molar-refractivity contribution >= 4 is 82.4 Å². The van der Waals surface area contributed by atoms with Crippen LogP contribution in [0.5, 0.6) is 0 Å². The number of para-hydroxylation sites is 4. The zero-order valence-corrected chi connectivity index (χ0v) is 35.4. The first kappa shape index (κ1) is 36.9. The molecule has 0 fully saturated rings. The molecule has 0 unspecified atom stereocenters. The van der Waals surface area contributed by atoms with Gasteiger partial charge in [0.1, 0.15) is 11.2 Å². The third-order valence-corrected chi connectivity index (χ3v) is 13.2. The van der Waals surface area contributed by atoms with E-state index in [4.69, 9.17) is 4.42 Å². The van der Waals surface area contributed by atoms with Crippen LogP contribution in [0, 0.1) is 0 Å². The summed E-state index contributed by atoms with van der Waals surface area (Å²) in [5, 5.41) is 9.79. The maximum absolute atomic E-state index is 6.40. The number of aromatic nitrogens is 1. The summed E-state index contributed by atoms with van der Waals surface area (Å²) in [7, 11) is 0. The van der Waals surface area contributed by atoms with Crippen LogP contribution in [0.3, 0.4) is 0 Å². The van der Waals surface area contributed by atoms with Crippen LogP contribution in [0.25, 0.3) is 104 Å². The third-order valence-electron chi connectivity index (χ3n) is 13.2. The lowest BCUT2D eigenvalue weighted by atomic mass is 9.93. The van der Waals surface area contributed by atoms with Crippen molar-refractivity contribution in [1.29, 1.82) is 0 Å². The Balaban J connectivity index is 0.931. The van der Waals surface area contributed by atoms with E-state index in [0.29, 0.717) is 0 Å². The molecule has 0 radical (unpaired) electrons. The molecule has 65 heavy (non-hydrogen) atoms. The lowest BCUT2D eigenvalue weighted by Gasteiger charge is -2.28. The quantitative estimate of drug-likeness (QED) is 0.149. The molecule has 0 saturated heterocycles. The molecule has 0 spiro atoms. The Morgan fingerprint density at radius 3 is 1.54 bits per heavy atom. The molecule has 0 bridgehead atoms. The number of benzene rings is 11. The van der Waals surface area contributed by atoms with Gasteiger partial charge in [0.25, 0.3) is 0 Å². The van der Waals surface area contributed by atoms with E-state index >= 15 is 0 Å². The van der Waals surface area contributed by atoms with Gasteiger partial charge in [-0.1, -0.05) is 170 Å². The molecule has 2 heterocycles. The highest BCUT2D eigenvalue weighted by Gasteiger charge is 2.21. The van der Waals surface area contributed by atoms with E-state index in [1.807, 2.05) is 6.07 Å². The molecule has 2 aromatic heterocycles. The molecule has 0 amide bonds. The van der Waals surface area contributed by atoms with Gasteiger partial charge in [0.2, 0.25) is 0 Å². The molecule has 11 aromatic carbocycles. The average Bonchev–Trinajstić information content (AvgIpc) is 3.93. The number of fused-ring (bicyclic) bond motifs is 9. The largest absolute Gasteiger partial charge is 0.456 e. The fraction of sp³-hybridized carbons (Fsp3) is 0. The van der Waals surface area contributed by atoms with E-state index < -0.39 is 0 Å². The molecule has 0 saturated carbocycles. The number of nitrogens with zero attached hydrogens (tertiary/aromatic N) is 2. The first-order chi connectivity index (χ1) is 32.2. The first-order valence-electron chi connectivity index (χ1n) is 22.2. The topological polar surface area (TPSA) is 21.3 Å². The minimum atomic E-state index is 0.880. The lowest BCUT2D eigenvalue weighted by molar-refractivity contribution is 0.669. The summed E-state index contributed by atoms with van der Waals surface area (Å²) in [5.74, 6) is 0. The highest BCUT2D eigenvalue weighted by Crippen LogP contribution is 2.46. The SMILES string of the molecule is c1ccc(N(c2ccc(-c3ccc(-n4c5ccccc5c5ccccc54)cc3)cc2)c2ccc(-c3cc4ccccc4c4ccccc34)cc2)c(-c2cccc3oc4ccccc4c23)c1. The van der Waals surface area contributed by atoms with Crippen LogP contribution >= 0.6 is 0 Å². The summed E-state index contributed by atoms with van der Waals surface area (Å²) in [6.07, 6.45) is 0. The molecule has 304 valence electrons. The molecule has 0 atom stereocenters. The fourth-order valence-electron chi connectivity index (χ4n) is 10.2. The minimum absolute atomic E-state index is 0.880. The third kappa shape index (κ3) is 6.05. The van der Waals surface area contributed by atoms with Gasteiger partial charge < -0.3 is 13.9 Å². The summed E-state index contributed by atoms with van der Waals surface area (Å²) < 4.78 is 8.77. The van der Waals surface area contributed by atoms with Crippen molar-refractivity contribution in [3.63, 3.8) is 0 Å². The van der Waals surface area contributed by atoms with Crippen LogP contribution < -0.4 is 4.90 Å². The van der Waals surface area contributed by atoms with Gasteiger partial charge in [0, 0.05) is 44.2 Å². The second-order valence-electron chi connectivity index (χ2n) is 16.8. The van der Waals surface area contributed by atoms with Crippen LogP contribution in [-0.2, 0) is 0 Å². The summed E-state index contributed by atoms with van der Waals surface area (Å²) in [5.41, 5.74) is 15.5. The van der Waals surface area contributed by atoms with Gasteiger partial charge in [-0.05, 0) is 122 Å². The zero-order chi connectivity index (χ0) is 42.8. The standard InChI is InChI=1S/C62H40N2O/c1-2-15-48-44(14-1)40-56(50-17-4-3-16-49(48)50)43-32-38-46(39-33-43)63(57-23-9-7-20-53(57)54-22-13-27-61-62(54)55-21-8-12-26-60(55)65-61)45-34-28-41(29-35-45)42-30-36-47(37-31-42)64-58-24-10-5-18-51(58)52-19-6-11-25-59(52)64/h1-40H. The van der Waals surface area contributed by atoms with Gasteiger partial charge >= 0.3 is 0 Å². The number of rotatable bonds is 7. The normalized spacial score (nSPS) is 11.7. The molecule has 0 aliphatic heterocycles. The maximum Gasteiger partial charge on any atom is 0.136 e. The van der Waals surface area contributed by atoms with Crippen LogP contribution in [0.1, 0.15) is 0 Å². The maximum atomic E-state index is 6.40. The summed E-state index contributed by atoms with van der Waals surface area (Å²) in [6, 6.07) is 87.7. The van der Waals surface area contributed by atoms with E-state index in [2.05, 4.69) is 246 Å². The van der Waals surface area contributed by atoms with Gasteiger partial charge in [-0.25, -0.2) is 0 Å². The van der Waals surface area contributed by atoms with Crippen molar-refractivity contribution in [2.24, 2.45) is 0 Å². The van der Waals surface area contributed by atoms with E-state index in [1.165, 1.54) is 60.0 Å². The molecule has 3 nitrogen and oxygen atoms in total. The number of furan rings is 1. The van der Waals surface area contributed by atoms with Crippen LogP contribution in [-0.4, -0.2) is 4.57 Å². The minimum Gasteiger partial charge on any atom is -0.456 e. The zero-order valence-electron chi connectivity index (χ0n) is 35.4. The van der Waals surface area contributed by atoms with Gasteiger partial charge in [0.05, 0.1) is 16.7 Å². The second-order valence-corrected chi connectivity index (χ2v) is 16.8. The van der Waals surface area contributed by atoms with Gasteiger partial charge in [-0.2, -0.15) is 0 Å². The predicted octanol–water partition coefficient (Wildman–Crippen LogP) is 17.5. The van der Waals surface area contributed by atoms with Crippen molar-refractivity contribution < 1.29 is 4.42 Å². The highest BCUT2D eigenvalue weighted by atomic mass is 16.3. The van der Waals surface area contributed by atoms with Gasteiger partial charge in [-0.3, -0.25) is 0 Å². The van der Waals surface area contributed by atoms with Crippen LogP contribution in [0.4, 0.5) is 17.1 Å². The summed E-state index contributed by atoms with van der Waals surface area (Å²) in [4.78, 5) is 2.40. The highest BCUT2D eigenvalue weighted by molar-refractivity contribution is 6.15. The Morgan fingerprint density at radius 1 is 0.323 bits per heavy atom. The lowest BCUT2D eigenvalue weighted by Crippen LogP contribution is -2.11. The van der Waals surface area contributed by atoms with Crippen LogP contribution in [0.2, 0.25) is 0 Å². The molecule has 13 rings (SSSR count). The molecule has 0 aliphatic rings. The number of hydrogen-bond donors (Lipinski definition) is 0. The molecule has 0 N–H and O–H groups in total. The Bertz CT molecular complexity index is 3880. The van der Waals surface area contributed by atoms with E-state index in [9.17, 15) is 0 Å².